The van der Waals surface area contributed by atoms with E-state index in [2.05, 4.69) is 27.1 Å². The van der Waals surface area contributed by atoms with E-state index in [1.54, 1.807) is 12.3 Å². The van der Waals surface area contributed by atoms with Gasteiger partial charge in [0, 0.05) is 18.0 Å². The Bertz CT molecular complexity index is 933. The van der Waals surface area contributed by atoms with Gasteiger partial charge in [-0.05, 0) is 32.8 Å². The molecule has 0 spiro atoms. The molecule has 2 heterocycles. The van der Waals surface area contributed by atoms with E-state index in [-0.39, 0.29) is 5.91 Å². The second-order valence-corrected chi connectivity index (χ2v) is 8.02. The molecule has 2 aromatic heterocycles. The van der Waals surface area contributed by atoms with Crippen LogP contribution < -0.4 is 11.1 Å². The smallest absolute Gasteiger partial charge is 0.264 e. The third-order valence-electron chi connectivity index (χ3n) is 4.64. The number of carbonyl (C=O) groups excluding carboxylic acids is 2. The molecule has 0 atom stereocenters. The largest absolute Gasteiger partial charge is 0.366 e. The summed E-state index contributed by atoms with van der Waals surface area (Å²) in [6, 6.07) is 1.62. The molecule has 2 aromatic rings. The van der Waals surface area contributed by atoms with E-state index in [1.165, 1.54) is 17.5 Å². The van der Waals surface area contributed by atoms with E-state index in [4.69, 9.17) is 5.73 Å². The van der Waals surface area contributed by atoms with Crippen molar-refractivity contribution in [3.05, 3.63) is 45.2 Å². The number of aromatic nitrogens is 2. The normalized spacial score (nSPS) is 15.5. The zero-order valence-corrected chi connectivity index (χ0v) is 16.3. The number of thiazole rings is 1. The Morgan fingerprint density at radius 1 is 1.22 bits per heavy atom. The lowest BCUT2D eigenvalue weighted by atomic mass is 9.82. The van der Waals surface area contributed by atoms with Crippen molar-refractivity contribution in [2.75, 3.05) is 0 Å². The summed E-state index contributed by atoms with van der Waals surface area (Å²) in [7, 11) is 0. The maximum absolute atomic E-state index is 12.8. The molecule has 0 aromatic carbocycles. The molecule has 3 N–H and O–H groups in total. The number of primary amides is 1. The van der Waals surface area contributed by atoms with Gasteiger partial charge in [0.25, 0.3) is 5.91 Å². The lowest BCUT2D eigenvalue weighted by Gasteiger charge is -2.33. The van der Waals surface area contributed by atoms with Crippen LogP contribution in [0, 0.1) is 25.7 Å². The molecule has 1 aliphatic rings. The third-order valence-corrected chi connectivity index (χ3v) is 5.71. The van der Waals surface area contributed by atoms with Crippen LogP contribution in [0.2, 0.25) is 0 Å². The molecule has 1 fully saturated rings. The first kappa shape index (κ1) is 19.1. The van der Waals surface area contributed by atoms with Gasteiger partial charge in [-0.3, -0.25) is 14.6 Å². The Morgan fingerprint density at radius 2 is 1.96 bits per heavy atom. The number of nitrogens with two attached hydrogens (primary N) is 1. The minimum atomic E-state index is -0.581. The van der Waals surface area contributed by atoms with E-state index in [0.717, 1.165) is 42.8 Å². The minimum Gasteiger partial charge on any atom is -0.366 e. The standard InChI is InChI=1S/C20H22N4O2S/c1-13-17(27-14(2)23-13)19(26)24-20(7-4-3-5-8-20)9-6-15-10-16(18(21)25)12-22-11-15/h10-12H,3-5,7-8H2,1-2H3,(H2,21,25)(H,24,26). The molecule has 0 unspecified atom stereocenters. The summed E-state index contributed by atoms with van der Waals surface area (Å²) in [4.78, 5) is 33.1. The van der Waals surface area contributed by atoms with Crippen molar-refractivity contribution in [1.29, 1.82) is 0 Å². The second kappa shape index (κ2) is 7.89. The molecule has 27 heavy (non-hydrogen) atoms. The van der Waals surface area contributed by atoms with Gasteiger partial charge in [0.1, 0.15) is 10.4 Å². The molecule has 7 heteroatoms. The fourth-order valence-electron chi connectivity index (χ4n) is 3.29. The molecule has 1 saturated carbocycles. The van der Waals surface area contributed by atoms with Crippen LogP contribution >= 0.6 is 11.3 Å². The van der Waals surface area contributed by atoms with Gasteiger partial charge in [0.05, 0.1) is 16.3 Å². The van der Waals surface area contributed by atoms with Crippen LogP contribution in [-0.2, 0) is 0 Å². The van der Waals surface area contributed by atoms with E-state index < -0.39 is 11.4 Å². The lowest BCUT2D eigenvalue weighted by Crippen LogP contribution is -2.48. The summed E-state index contributed by atoms with van der Waals surface area (Å²) in [5.41, 5.74) is 6.39. The molecule has 140 valence electrons. The molecule has 0 saturated heterocycles. The number of carbonyl (C=O) groups is 2. The predicted octanol–water partition coefficient (Wildman–Crippen LogP) is 2.74. The average Bonchev–Trinajstić information content (AvgIpc) is 2.99. The Balaban J connectivity index is 1.88. The van der Waals surface area contributed by atoms with Crippen LogP contribution in [0.1, 0.15) is 68.4 Å². The second-order valence-electron chi connectivity index (χ2n) is 6.82. The van der Waals surface area contributed by atoms with Crippen molar-refractivity contribution in [2.24, 2.45) is 5.73 Å². The van der Waals surface area contributed by atoms with Crippen LogP contribution in [0.15, 0.2) is 18.5 Å². The molecule has 3 rings (SSSR count). The maximum atomic E-state index is 12.8. The zero-order valence-electron chi connectivity index (χ0n) is 15.5. The highest BCUT2D eigenvalue weighted by molar-refractivity contribution is 7.13. The topological polar surface area (TPSA) is 98.0 Å². The number of rotatable bonds is 3. The monoisotopic (exact) mass is 382 g/mol. The van der Waals surface area contributed by atoms with Crippen molar-refractivity contribution in [1.82, 2.24) is 15.3 Å². The van der Waals surface area contributed by atoms with E-state index in [1.807, 2.05) is 13.8 Å². The van der Waals surface area contributed by atoms with Crippen molar-refractivity contribution >= 4 is 23.2 Å². The van der Waals surface area contributed by atoms with Gasteiger partial charge in [-0.1, -0.05) is 31.1 Å². The summed E-state index contributed by atoms with van der Waals surface area (Å²) in [5, 5.41) is 4.03. The molecule has 6 nitrogen and oxygen atoms in total. The van der Waals surface area contributed by atoms with Gasteiger partial charge in [0.2, 0.25) is 5.91 Å². The van der Waals surface area contributed by atoms with Gasteiger partial charge in [-0.15, -0.1) is 11.3 Å². The number of pyridine rings is 1. The van der Waals surface area contributed by atoms with Crippen LogP contribution in [0.4, 0.5) is 0 Å². The Morgan fingerprint density at radius 3 is 2.59 bits per heavy atom. The fourth-order valence-corrected chi connectivity index (χ4v) is 4.10. The lowest BCUT2D eigenvalue weighted by molar-refractivity contribution is 0.0906. The number of nitrogens with one attached hydrogen (secondary N) is 1. The van der Waals surface area contributed by atoms with Gasteiger partial charge >= 0.3 is 0 Å². The van der Waals surface area contributed by atoms with Crippen LogP contribution in [0.5, 0.6) is 0 Å². The molecular weight excluding hydrogens is 360 g/mol. The molecule has 1 aliphatic carbocycles. The summed E-state index contributed by atoms with van der Waals surface area (Å²) in [5.74, 6) is 5.67. The highest BCUT2D eigenvalue weighted by Crippen LogP contribution is 2.29. The Labute approximate surface area is 162 Å². The fraction of sp³-hybridized carbons (Fsp3) is 0.400. The van der Waals surface area contributed by atoms with Crippen molar-refractivity contribution in [3.8, 4) is 11.8 Å². The highest BCUT2D eigenvalue weighted by atomic mass is 32.1. The summed E-state index contributed by atoms with van der Waals surface area (Å²) in [6.45, 7) is 3.74. The highest BCUT2D eigenvalue weighted by Gasteiger charge is 2.33. The van der Waals surface area contributed by atoms with E-state index >= 15 is 0 Å². The maximum Gasteiger partial charge on any atom is 0.264 e. The van der Waals surface area contributed by atoms with Crippen LogP contribution in [0.3, 0.4) is 0 Å². The van der Waals surface area contributed by atoms with Crippen molar-refractivity contribution in [2.45, 2.75) is 51.5 Å². The summed E-state index contributed by atoms with van der Waals surface area (Å²) < 4.78 is 0. The molecule has 0 bridgehead atoms. The summed E-state index contributed by atoms with van der Waals surface area (Å²) in [6.07, 6.45) is 7.76. The number of hydrogen-bond donors (Lipinski definition) is 2. The summed E-state index contributed by atoms with van der Waals surface area (Å²) >= 11 is 1.40. The number of aryl methyl sites for hydroxylation is 2. The first-order valence-corrected chi connectivity index (χ1v) is 9.75. The molecule has 0 aliphatic heterocycles. The first-order valence-electron chi connectivity index (χ1n) is 8.93. The zero-order chi connectivity index (χ0) is 19.4. The van der Waals surface area contributed by atoms with Gasteiger partial charge in [0.15, 0.2) is 0 Å². The SMILES string of the molecule is Cc1nc(C)c(C(=O)NC2(C#Cc3cncc(C(N)=O)c3)CCCCC2)s1. The predicted molar refractivity (Wildman–Crippen MR) is 105 cm³/mol. The van der Waals surface area contributed by atoms with Crippen molar-refractivity contribution in [3.63, 3.8) is 0 Å². The van der Waals surface area contributed by atoms with E-state index in [9.17, 15) is 9.59 Å². The minimum absolute atomic E-state index is 0.127. The number of amides is 2. The van der Waals surface area contributed by atoms with Gasteiger partial charge in [-0.25, -0.2) is 4.98 Å². The quantitative estimate of drug-likeness (QED) is 0.798. The first-order chi connectivity index (χ1) is 12.9. The average molecular weight is 382 g/mol. The Hall–Kier alpha value is -2.72. The van der Waals surface area contributed by atoms with Crippen molar-refractivity contribution < 1.29 is 9.59 Å². The molecule has 0 radical (unpaired) electrons. The third kappa shape index (κ3) is 4.52. The number of hydrogen-bond acceptors (Lipinski definition) is 5. The molecular formula is C20H22N4O2S. The number of nitrogens with zero attached hydrogens (tertiary/aromatic N) is 2. The molecule has 2 amide bonds. The van der Waals surface area contributed by atoms with E-state index in [0.29, 0.717) is 16.0 Å². The Kier molecular flexibility index (Phi) is 5.57. The van der Waals surface area contributed by atoms with Gasteiger partial charge in [-0.2, -0.15) is 0 Å². The van der Waals surface area contributed by atoms with Gasteiger partial charge < -0.3 is 11.1 Å². The van der Waals surface area contributed by atoms with Crippen LogP contribution in [-0.4, -0.2) is 27.3 Å². The van der Waals surface area contributed by atoms with Crippen LogP contribution in [0.25, 0.3) is 0 Å².